The summed E-state index contributed by atoms with van der Waals surface area (Å²) in [5, 5.41) is 3.48. The summed E-state index contributed by atoms with van der Waals surface area (Å²) in [7, 11) is 1.73. The minimum absolute atomic E-state index is 0.197. The number of nitrogens with one attached hydrogen (secondary N) is 1. The molecule has 0 saturated heterocycles. The van der Waals surface area contributed by atoms with E-state index in [1.807, 2.05) is 25.1 Å². The number of methoxy groups -OCH3 is 1. The van der Waals surface area contributed by atoms with Gasteiger partial charge in [0.2, 0.25) is 0 Å². The molecule has 0 aromatic heterocycles. The Morgan fingerprint density at radius 3 is 2.65 bits per heavy atom. The van der Waals surface area contributed by atoms with Crippen LogP contribution in [0.5, 0.6) is 5.75 Å². The van der Waals surface area contributed by atoms with Gasteiger partial charge in [0.05, 0.1) is 19.3 Å². The van der Waals surface area contributed by atoms with Crippen LogP contribution in [0.1, 0.15) is 31.9 Å². The highest BCUT2D eigenvalue weighted by atomic mass is 16.5. The quantitative estimate of drug-likeness (QED) is 0.754. The zero-order valence-electron chi connectivity index (χ0n) is 11.0. The Bertz CT molecular complexity index is 315. The molecular formula is C14H23NO2. The highest BCUT2D eigenvalue weighted by Crippen LogP contribution is 2.25. The molecule has 96 valence electrons. The largest absolute Gasteiger partial charge is 0.494 e. The number of benzene rings is 1. The van der Waals surface area contributed by atoms with Crippen LogP contribution in [0, 0.1) is 0 Å². The van der Waals surface area contributed by atoms with E-state index in [0.29, 0.717) is 13.2 Å². The van der Waals surface area contributed by atoms with Crippen LogP contribution < -0.4 is 10.1 Å². The molecule has 0 saturated carbocycles. The number of ether oxygens (including phenoxy) is 2. The average molecular weight is 237 g/mol. The fraction of sp³-hybridized carbons (Fsp3) is 0.571. The van der Waals surface area contributed by atoms with Crippen LogP contribution in [0.25, 0.3) is 0 Å². The van der Waals surface area contributed by atoms with Crippen molar-refractivity contribution < 1.29 is 9.47 Å². The van der Waals surface area contributed by atoms with E-state index < -0.39 is 0 Å². The molecule has 1 aromatic carbocycles. The van der Waals surface area contributed by atoms with Crippen LogP contribution in [0.4, 0.5) is 0 Å². The minimum Gasteiger partial charge on any atom is -0.494 e. The average Bonchev–Trinajstić information content (AvgIpc) is 2.36. The van der Waals surface area contributed by atoms with Crippen molar-refractivity contribution in [1.29, 1.82) is 0 Å². The van der Waals surface area contributed by atoms with Crippen molar-refractivity contribution in [3.05, 3.63) is 29.8 Å². The van der Waals surface area contributed by atoms with Gasteiger partial charge in [0.1, 0.15) is 5.75 Å². The highest BCUT2D eigenvalue weighted by Gasteiger charge is 2.14. The highest BCUT2D eigenvalue weighted by molar-refractivity contribution is 5.36. The summed E-state index contributed by atoms with van der Waals surface area (Å²) < 4.78 is 10.9. The zero-order chi connectivity index (χ0) is 12.5. The van der Waals surface area contributed by atoms with E-state index in [4.69, 9.17) is 9.47 Å². The molecule has 0 aliphatic heterocycles. The predicted molar refractivity (Wildman–Crippen MR) is 70.5 cm³/mol. The molecule has 0 aliphatic rings. The normalized spacial score (nSPS) is 12.4. The molecule has 1 unspecified atom stereocenters. The number of rotatable bonds is 8. The first kappa shape index (κ1) is 14.0. The molecule has 1 atom stereocenters. The third kappa shape index (κ3) is 4.36. The van der Waals surface area contributed by atoms with E-state index >= 15 is 0 Å². The second-order valence-corrected chi connectivity index (χ2v) is 3.93. The van der Waals surface area contributed by atoms with Gasteiger partial charge in [-0.2, -0.15) is 0 Å². The van der Waals surface area contributed by atoms with E-state index in [2.05, 4.69) is 18.3 Å². The molecule has 0 aliphatic carbocycles. The Hall–Kier alpha value is -1.06. The molecule has 0 bridgehead atoms. The molecule has 3 nitrogen and oxygen atoms in total. The fourth-order valence-electron chi connectivity index (χ4n) is 1.80. The summed E-state index contributed by atoms with van der Waals surface area (Å²) in [4.78, 5) is 0. The van der Waals surface area contributed by atoms with E-state index in [1.54, 1.807) is 7.11 Å². The number of hydrogen-bond acceptors (Lipinski definition) is 3. The van der Waals surface area contributed by atoms with Gasteiger partial charge in [0, 0.05) is 12.7 Å². The summed E-state index contributed by atoms with van der Waals surface area (Å²) in [6, 6.07) is 8.33. The summed E-state index contributed by atoms with van der Waals surface area (Å²) >= 11 is 0. The molecule has 0 radical (unpaired) electrons. The first-order chi connectivity index (χ1) is 8.33. The van der Waals surface area contributed by atoms with E-state index in [9.17, 15) is 0 Å². The molecule has 3 heteroatoms. The molecule has 1 N–H and O–H groups in total. The standard InChI is InChI=1S/C14H23NO2/c1-4-10-15-13(11-16-3)12-8-6-7-9-14(12)17-5-2/h6-9,13,15H,4-5,10-11H2,1-3H3. The van der Waals surface area contributed by atoms with Crippen molar-refractivity contribution >= 4 is 0 Å². The van der Waals surface area contributed by atoms with Crippen LogP contribution in [-0.2, 0) is 4.74 Å². The van der Waals surface area contributed by atoms with Gasteiger partial charge in [-0.3, -0.25) is 0 Å². The second-order valence-electron chi connectivity index (χ2n) is 3.93. The summed E-state index contributed by atoms with van der Waals surface area (Å²) in [5.41, 5.74) is 1.17. The number of para-hydroxylation sites is 1. The van der Waals surface area contributed by atoms with Crippen LogP contribution in [0.2, 0.25) is 0 Å². The van der Waals surface area contributed by atoms with Gasteiger partial charge in [0.25, 0.3) is 0 Å². The Kier molecular flexibility index (Phi) is 6.67. The second kappa shape index (κ2) is 8.09. The Labute approximate surface area is 104 Å². The van der Waals surface area contributed by atoms with Gasteiger partial charge < -0.3 is 14.8 Å². The van der Waals surface area contributed by atoms with Crippen molar-refractivity contribution in [2.24, 2.45) is 0 Å². The summed E-state index contributed by atoms with van der Waals surface area (Å²) in [5.74, 6) is 0.945. The van der Waals surface area contributed by atoms with Crippen molar-refractivity contribution in [2.45, 2.75) is 26.3 Å². The van der Waals surface area contributed by atoms with Gasteiger partial charge in [0.15, 0.2) is 0 Å². The lowest BCUT2D eigenvalue weighted by Crippen LogP contribution is -2.26. The lowest BCUT2D eigenvalue weighted by atomic mass is 10.1. The third-order valence-corrected chi connectivity index (χ3v) is 2.57. The maximum atomic E-state index is 5.65. The molecule has 0 heterocycles. The lowest BCUT2D eigenvalue weighted by Gasteiger charge is -2.20. The Balaban J connectivity index is 2.83. The van der Waals surface area contributed by atoms with Gasteiger partial charge in [-0.1, -0.05) is 25.1 Å². The minimum atomic E-state index is 0.197. The third-order valence-electron chi connectivity index (χ3n) is 2.57. The first-order valence-electron chi connectivity index (χ1n) is 6.27. The van der Waals surface area contributed by atoms with E-state index in [-0.39, 0.29) is 6.04 Å². The van der Waals surface area contributed by atoms with Crippen LogP contribution in [0.3, 0.4) is 0 Å². The SMILES string of the molecule is CCCNC(COC)c1ccccc1OCC. The van der Waals surface area contributed by atoms with Crippen LogP contribution in [-0.4, -0.2) is 26.9 Å². The molecule has 1 rings (SSSR count). The maximum Gasteiger partial charge on any atom is 0.124 e. The van der Waals surface area contributed by atoms with Crippen molar-refractivity contribution in [3.8, 4) is 5.75 Å². The van der Waals surface area contributed by atoms with Gasteiger partial charge >= 0.3 is 0 Å². The maximum absolute atomic E-state index is 5.65. The van der Waals surface area contributed by atoms with E-state index in [1.165, 1.54) is 5.56 Å². The Morgan fingerprint density at radius 2 is 2.00 bits per heavy atom. The topological polar surface area (TPSA) is 30.5 Å². The van der Waals surface area contributed by atoms with Gasteiger partial charge in [-0.05, 0) is 26.0 Å². The smallest absolute Gasteiger partial charge is 0.124 e. The molecular weight excluding hydrogens is 214 g/mol. The number of hydrogen-bond donors (Lipinski definition) is 1. The van der Waals surface area contributed by atoms with Crippen LogP contribution in [0.15, 0.2) is 24.3 Å². The first-order valence-corrected chi connectivity index (χ1v) is 6.27. The van der Waals surface area contributed by atoms with E-state index in [0.717, 1.165) is 18.7 Å². The monoisotopic (exact) mass is 237 g/mol. The molecule has 1 aromatic rings. The van der Waals surface area contributed by atoms with Crippen molar-refractivity contribution in [1.82, 2.24) is 5.32 Å². The van der Waals surface area contributed by atoms with Gasteiger partial charge in [-0.25, -0.2) is 0 Å². The van der Waals surface area contributed by atoms with Gasteiger partial charge in [-0.15, -0.1) is 0 Å². The van der Waals surface area contributed by atoms with Crippen molar-refractivity contribution in [3.63, 3.8) is 0 Å². The Morgan fingerprint density at radius 1 is 1.24 bits per heavy atom. The molecule has 0 fully saturated rings. The molecule has 17 heavy (non-hydrogen) atoms. The zero-order valence-corrected chi connectivity index (χ0v) is 11.0. The van der Waals surface area contributed by atoms with Crippen molar-refractivity contribution in [2.75, 3.05) is 26.9 Å². The summed E-state index contributed by atoms with van der Waals surface area (Å²) in [6.45, 7) is 6.48. The predicted octanol–water partition coefficient (Wildman–Crippen LogP) is 2.77. The van der Waals surface area contributed by atoms with Crippen LogP contribution >= 0.6 is 0 Å². The molecule has 0 spiro atoms. The molecule has 0 amide bonds. The lowest BCUT2D eigenvalue weighted by molar-refractivity contribution is 0.165. The fourth-order valence-corrected chi connectivity index (χ4v) is 1.80. The summed E-state index contributed by atoms with van der Waals surface area (Å²) in [6.07, 6.45) is 1.11.